The highest BCUT2D eigenvalue weighted by molar-refractivity contribution is 5.90. The maximum atomic E-state index is 4.23. The topological polar surface area (TPSA) is 55.6 Å². The van der Waals surface area contributed by atoms with E-state index in [-0.39, 0.29) is 0 Å². The molecule has 0 aliphatic rings. The standard InChI is InChI=1S/C14H15N5/c1-10-12(9-17-19(10)2)7-15-14-13-6-4-3-5-11(13)8-16-18-14/h3-6,8-9H,7H2,1-2H3,(H,15,18). The Morgan fingerprint density at radius 1 is 1.21 bits per heavy atom. The number of nitrogens with zero attached hydrogens (tertiary/aromatic N) is 4. The molecule has 0 bridgehead atoms. The van der Waals surface area contributed by atoms with Gasteiger partial charge in [-0.1, -0.05) is 24.3 Å². The van der Waals surface area contributed by atoms with Crippen molar-refractivity contribution in [3.05, 3.63) is 47.9 Å². The van der Waals surface area contributed by atoms with Gasteiger partial charge in [-0.2, -0.15) is 10.2 Å². The first kappa shape index (κ1) is 11.6. The summed E-state index contributed by atoms with van der Waals surface area (Å²) in [6, 6.07) is 8.08. The van der Waals surface area contributed by atoms with Gasteiger partial charge in [0.15, 0.2) is 5.82 Å². The molecule has 0 saturated carbocycles. The Morgan fingerprint density at radius 2 is 2.05 bits per heavy atom. The lowest BCUT2D eigenvalue weighted by atomic mass is 10.2. The van der Waals surface area contributed by atoms with Crippen LogP contribution in [0.1, 0.15) is 11.3 Å². The van der Waals surface area contributed by atoms with Crippen LogP contribution in [0.25, 0.3) is 10.8 Å². The molecule has 0 fully saturated rings. The molecule has 3 aromatic rings. The number of benzene rings is 1. The first-order valence-corrected chi connectivity index (χ1v) is 6.17. The first-order valence-electron chi connectivity index (χ1n) is 6.17. The second-order valence-electron chi connectivity index (χ2n) is 4.51. The third-order valence-electron chi connectivity index (χ3n) is 3.35. The lowest BCUT2D eigenvalue weighted by molar-refractivity contribution is 0.738. The molecule has 1 aromatic carbocycles. The lowest BCUT2D eigenvalue weighted by Gasteiger charge is -2.07. The summed E-state index contributed by atoms with van der Waals surface area (Å²) >= 11 is 0. The highest BCUT2D eigenvalue weighted by Crippen LogP contribution is 2.20. The van der Waals surface area contributed by atoms with Crippen LogP contribution in [0.15, 0.2) is 36.7 Å². The Hall–Kier alpha value is -2.43. The highest BCUT2D eigenvalue weighted by Gasteiger charge is 2.06. The van der Waals surface area contributed by atoms with Crippen molar-refractivity contribution >= 4 is 16.6 Å². The van der Waals surface area contributed by atoms with Gasteiger partial charge in [0.05, 0.1) is 12.4 Å². The van der Waals surface area contributed by atoms with E-state index < -0.39 is 0 Å². The predicted molar refractivity (Wildman–Crippen MR) is 74.8 cm³/mol. The Bertz CT molecular complexity index is 711. The Labute approximate surface area is 111 Å². The lowest BCUT2D eigenvalue weighted by Crippen LogP contribution is -2.04. The van der Waals surface area contributed by atoms with Gasteiger partial charge >= 0.3 is 0 Å². The molecule has 2 aromatic heterocycles. The van der Waals surface area contributed by atoms with Crippen LogP contribution in [-0.2, 0) is 13.6 Å². The number of aryl methyl sites for hydroxylation is 1. The van der Waals surface area contributed by atoms with Gasteiger partial charge in [-0.15, -0.1) is 5.10 Å². The van der Waals surface area contributed by atoms with Gasteiger partial charge in [-0.05, 0) is 6.92 Å². The van der Waals surface area contributed by atoms with Gasteiger partial charge in [0.25, 0.3) is 0 Å². The van der Waals surface area contributed by atoms with Crippen LogP contribution in [0.2, 0.25) is 0 Å². The van der Waals surface area contributed by atoms with E-state index in [1.54, 1.807) is 6.20 Å². The molecule has 0 unspecified atom stereocenters. The molecule has 0 amide bonds. The minimum atomic E-state index is 0.697. The molecule has 0 spiro atoms. The second kappa shape index (κ2) is 4.68. The first-order chi connectivity index (χ1) is 9.25. The van der Waals surface area contributed by atoms with Gasteiger partial charge in [-0.3, -0.25) is 4.68 Å². The van der Waals surface area contributed by atoms with Gasteiger partial charge < -0.3 is 5.32 Å². The number of rotatable bonds is 3. The molecule has 19 heavy (non-hydrogen) atoms. The van der Waals surface area contributed by atoms with Gasteiger partial charge in [0.2, 0.25) is 0 Å². The molecule has 5 heteroatoms. The van der Waals surface area contributed by atoms with Crippen molar-refractivity contribution in [2.45, 2.75) is 13.5 Å². The zero-order valence-corrected chi connectivity index (χ0v) is 11.0. The fraction of sp³-hybridized carbons (Fsp3) is 0.214. The molecule has 5 nitrogen and oxygen atoms in total. The van der Waals surface area contributed by atoms with Crippen LogP contribution in [0.5, 0.6) is 0 Å². The molecule has 1 N–H and O–H groups in total. The molecular weight excluding hydrogens is 238 g/mol. The SMILES string of the molecule is Cc1c(CNc2nncc3ccccc23)cnn1C. The quantitative estimate of drug-likeness (QED) is 0.778. The van der Waals surface area contributed by atoms with Crippen molar-refractivity contribution in [3.8, 4) is 0 Å². The van der Waals surface area contributed by atoms with Gasteiger partial charge in [0, 0.05) is 35.6 Å². The van der Waals surface area contributed by atoms with E-state index in [2.05, 4.69) is 27.5 Å². The minimum Gasteiger partial charge on any atom is -0.364 e. The van der Waals surface area contributed by atoms with E-state index in [1.165, 1.54) is 0 Å². The summed E-state index contributed by atoms with van der Waals surface area (Å²) in [5.41, 5.74) is 2.32. The number of anilines is 1. The van der Waals surface area contributed by atoms with E-state index in [1.807, 2.05) is 42.2 Å². The summed E-state index contributed by atoms with van der Waals surface area (Å²) in [6.07, 6.45) is 3.65. The van der Waals surface area contributed by atoms with Crippen molar-refractivity contribution in [2.24, 2.45) is 7.05 Å². The minimum absolute atomic E-state index is 0.697. The Kier molecular flexibility index (Phi) is 2.87. The third kappa shape index (κ3) is 2.14. The molecule has 3 rings (SSSR count). The van der Waals surface area contributed by atoms with E-state index in [4.69, 9.17) is 0 Å². The largest absolute Gasteiger partial charge is 0.364 e. The smallest absolute Gasteiger partial charge is 0.156 e. The molecule has 0 aliphatic heterocycles. The summed E-state index contributed by atoms with van der Waals surface area (Å²) < 4.78 is 1.87. The van der Waals surface area contributed by atoms with E-state index in [0.717, 1.165) is 27.8 Å². The molecule has 0 aliphatic carbocycles. The summed E-state index contributed by atoms with van der Waals surface area (Å²) in [6.45, 7) is 2.75. The van der Waals surface area contributed by atoms with Crippen LogP contribution in [0.3, 0.4) is 0 Å². The number of nitrogens with one attached hydrogen (secondary N) is 1. The van der Waals surface area contributed by atoms with E-state index >= 15 is 0 Å². The van der Waals surface area contributed by atoms with Crippen molar-refractivity contribution in [1.29, 1.82) is 0 Å². The molecular formula is C14H15N5. The summed E-state index contributed by atoms with van der Waals surface area (Å²) in [4.78, 5) is 0. The number of aromatic nitrogens is 4. The molecule has 2 heterocycles. The van der Waals surface area contributed by atoms with Crippen LogP contribution >= 0.6 is 0 Å². The predicted octanol–water partition coefficient (Wildman–Crippen LogP) is 2.28. The van der Waals surface area contributed by atoms with Crippen LogP contribution in [-0.4, -0.2) is 20.0 Å². The van der Waals surface area contributed by atoms with Crippen molar-refractivity contribution in [1.82, 2.24) is 20.0 Å². The van der Waals surface area contributed by atoms with E-state index in [0.29, 0.717) is 6.54 Å². The number of hydrogen-bond acceptors (Lipinski definition) is 4. The third-order valence-corrected chi connectivity index (χ3v) is 3.35. The summed E-state index contributed by atoms with van der Waals surface area (Å²) in [5, 5.41) is 17.9. The van der Waals surface area contributed by atoms with Crippen LogP contribution < -0.4 is 5.32 Å². The van der Waals surface area contributed by atoms with Gasteiger partial charge in [-0.25, -0.2) is 0 Å². The van der Waals surface area contributed by atoms with E-state index in [9.17, 15) is 0 Å². The molecule has 96 valence electrons. The Balaban J connectivity index is 1.88. The fourth-order valence-corrected chi connectivity index (χ4v) is 2.06. The van der Waals surface area contributed by atoms with Crippen molar-refractivity contribution < 1.29 is 0 Å². The maximum absolute atomic E-state index is 4.23. The zero-order chi connectivity index (χ0) is 13.2. The van der Waals surface area contributed by atoms with Gasteiger partial charge in [0.1, 0.15) is 0 Å². The average Bonchev–Trinajstić information content (AvgIpc) is 2.76. The summed E-state index contributed by atoms with van der Waals surface area (Å²) in [5.74, 6) is 0.807. The van der Waals surface area contributed by atoms with Crippen molar-refractivity contribution in [3.63, 3.8) is 0 Å². The van der Waals surface area contributed by atoms with Crippen molar-refractivity contribution in [2.75, 3.05) is 5.32 Å². The molecule has 0 atom stereocenters. The zero-order valence-electron chi connectivity index (χ0n) is 11.0. The molecule has 0 radical (unpaired) electrons. The maximum Gasteiger partial charge on any atom is 0.156 e. The highest BCUT2D eigenvalue weighted by atomic mass is 15.3. The Morgan fingerprint density at radius 3 is 2.84 bits per heavy atom. The second-order valence-corrected chi connectivity index (χ2v) is 4.51. The normalized spacial score (nSPS) is 10.8. The monoisotopic (exact) mass is 253 g/mol. The fourth-order valence-electron chi connectivity index (χ4n) is 2.06. The number of hydrogen-bond donors (Lipinski definition) is 1. The average molecular weight is 253 g/mol. The van der Waals surface area contributed by atoms with Crippen LogP contribution in [0.4, 0.5) is 5.82 Å². The summed E-state index contributed by atoms with van der Waals surface area (Å²) in [7, 11) is 1.94. The number of fused-ring (bicyclic) bond motifs is 1. The van der Waals surface area contributed by atoms with Crippen LogP contribution in [0, 0.1) is 6.92 Å². The molecule has 0 saturated heterocycles.